The molecule has 1 aromatic carbocycles. The van der Waals surface area contributed by atoms with Crippen molar-refractivity contribution in [2.45, 2.75) is 117 Å². The van der Waals surface area contributed by atoms with Crippen LogP contribution in [0.1, 0.15) is 117 Å². The summed E-state index contributed by atoms with van der Waals surface area (Å²) in [5.41, 5.74) is 1.81. The van der Waals surface area contributed by atoms with Gasteiger partial charge in [-0.25, -0.2) is 0 Å². The van der Waals surface area contributed by atoms with Crippen LogP contribution in [0.2, 0.25) is 0 Å². The summed E-state index contributed by atoms with van der Waals surface area (Å²) in [4.78, 5) is 0. The van der Waals surface area contributed by atoms with Gasteiger partial charge in [-0.1, -0.05) is 116 Å². The van der Waals surface area contributed by atoms with Gasteiger partial charge in [-0.3, -0.25) is 0 Å². The highest BCUT2D eigenvalue weighted by Crippen LogP contribution is 2.28. The number of aromatic nitrogens is 2. The van der Waals surface area contributed by atoms with E-state index in [1.165, 1.54) is 89.9 Å². The fourth-order valence-electron chi connectivity index (χ4n) is 4.18. The summed E-state index contributed by atoms with van der Waals surface area (Å²) in [5, 5.41) is 8.69. The number of para-hydroxylation sites is 1. The molecule has 0 N–H and O–H groups in total. The Balaban J connectivity index is 1.63. The van der Waals surface area contributed by atoms with Gasteiger partial charge in [0.25, 0.3) is 0 Å². The summed E-state index contributed by atoms with van der Waals surface area (Å²) in [7, 11) is 0. The van der Waals surface area contributed by atoms with Crippen molar-refractivity contribution in [3.05, 3.63) is 36.4 Å². The molecular weight excluding hydrogens is 420 g/mol. The standard InChI is InChI=1S/C30H48N2O2/c1-3-5-7-9-11-12-13-14-16-20-26-34-30-24-23-28(31-32-30)27-21-17-18-22-29(27)33-25-19-15-10-8-6-4-2/h17-18,21-24H,3-16,19-20,25-26H2,1-2H3. The predicted octanol–water partition coefficient (Wildman–Crippen LogP) is 9.18. The highest BCUT2D eigenvalue weighted by molar-refractivity contribution is 5.66. The van der Waals surface area contributed by atoms with E-state index in [2.05, 4.69) is 24.0 Å². The molecule has 0 saturated heterocycles. The van der Waals surface area contributed by atoms with Crippen LogP contribution in [0.15, 0.2) is 36.4 Å². The Labute approximate surface area is 208 Å². The number of nitrogens with zero attached hydrogens (tertiary/aromatic N) is 2. The lowest BCUT2D eigenvalue weighted by Crippen LogP contribution is -2.02. The lowest BCUT2D eigenvalue weighted by atomic mass is 10.1. The summed E-state index contributed by atoms with van der Waals surface area (Å²) in [6, 6.07) is 12.0. The average Bonchev–Trinajstić information content (AvgIpc) is 2.87. The van der Waals surface area contributed by atoms with Gasteiger partial charge >= 0.3 is 0 Å². The first-order valence-electron chi connectivity index (χ1n) is 14.0. The first-order valence-corrected chi connectivity index (χ1v) is 14.0. The summed E-state index contributed by atoms with van der Waals surface area (Å²) in [5.74, 6) is 1.48. The van der Waals surface area contributed by atoms with Crippen LogP contribution in [-0.4, -0.2) is 23.4 Å². The minimum Gasteiger partial charge on any atom is -0.493 e. The molecule has 0 bridgehead atoms. The Bertz CT molecular complexity index is 733. The molecule has 1 heterocycles. The zero-order chi connectivity index (χ0) is 24.1. The lowest BCUT2D eigenvalue weighted by molar-refractivity contribution is 0.290. The van der Waals surface area contributed by atoms with Crippen LogP contribution in [-0.2, 0) is 0 Å². The van der Waals surface area contributed by atoms with E-state index in [0.29, 0.717) is 12.5 Å². The van der Waals surface area contributed by atoms with Crippen molar-refractivity contribution >= 4 is 0 Å². The van der Waals surface area contributed by atoms with Gasteiger partial charge in [-0.15, -0.1) is 10.2 Å². The Kier molecular flexibility index (Phi) is 15.9. The van der Waals surface area contributed by atoms with Crippen LogP contribution in [0.3, 0.4) is 0 Å². The van der Waals surface area contributed by atoms with Crippen LogP contribution in [0.25, 0.3) is 11.3 Å². The predicted molar refractivity (Wildman–Crippen MR) is 144 cm³/mol. The Morgan fingerprint density at radius 1 is 0.529 bits per heavy atom. The van der Waals surface area contributed by atoms with Crippen molar-refractivity contribution in [1.29, 1.82) is 0 Å². The average molecular weight is 469 g/mol. The van der Waals surface area contributed by atoms with Crippen LogP contribution in [0.4, 0.5) is 0 Å². The van der Waals surface area contributed by atoms with Crippen molar-refractivity contribution < 1.29 is 9.47 Å². The minimum absolute atomic E-state index is 0.602. The molecule has 0 fully saturated rings. The van der Waals surface area contributed by atoms with Gasteiger partial charge in [0.2, 0.25) is 5.88 Å². The lowest BCUT2D eigenvalue weighted by Gasteiger charge is -2.11. The molecule has 0 aliphatic heterocycles. The third-order valence-electron chi connectivity index (χ3n) is 6.31. The van der Waals surface area contributed by atoms with E-state index in [1.54, 1.807) is 0 Å². The second-order valence-electron chi connectivity index (χ2n) is 9.40. The SMILES string of the molecule is CCCCCCCCCCCCOc1ccc(-c2ccccc2OCCCCCCCC)nn1. The first-order chi connectivity index (χ1) is 16.8. The van der Waals surface area contributed by atoms with Crippen molar-refractivity contribution in [3.8, 4) is 22.9 Å². The largest absolute Gasteiger partial charge is 0.493 e. The third-order valence-corrected chi connectivity index (χ3v) is 6.31. The molecule has 2 rings (SSSR count). The van der Waals surface area contributed by atoms with Crippen LogP contribution >= 0.6 is 0 Å². The molecule has 0 amide bonds. The van der Waals surface area contributed by atoms with Crippen molar-refractivity contribution in [2.75, 3.05) is 13.2 Å². The summed E-state index contributed by atoms with van der Waals surface area (Å²) in [6.07, 6.45) is 20.8. The summed E-state index contributed by atoms with van der Waals surface area (Å²) < 4.78 is 11.9. The molecule has 0 saturated carbocycles. The van der Waals surface area contributed by atoms with E-state index in [-0.39, 0.29) is 0 Å². The molecule has 190 valence electrons. The number of hydrogen-bond acceptors (Lipinski definition) is 4. The maximum Gasteiger partial charge on any atom is 0.233 e. The molecule has 0 unspecified atom stereocenters. The summed E-state index contributed by atoms with van der Waals surface area (Å²) in [6.45, 7) is 5.98. The fourth-order valence-corrected chi connectivity index (χ4v) is 4.18. The molecule has 0 atom stereocenters. The second-order valence-corrected chi connectivity index (χ2v) is 9.40. The maximum absolute atomic E-state index is 6.07. The van der Waals surface area contributed by atoms with E-state index < -0.39 is 0 Å². The van der Waals surface area contributed by atoms with Gasteiger partial charge in [0.15, 0.2) is 0 Å². The Morgan fingerprint density at radius 2 is 1.06 bits per heavy atom. The topological polar surface area (TPSA) is 44.2 Å². The van der Waals surface area contributed by atoms with Crippen molar-refractivity contribution in [1.82, 2.24) is 10.2 Å². The first kappa shape index (κ1) is 28.1. The Morgan fingerprint density at radius 3 is 1.62 bits per heavy atom. The zero-order valence-corrected chi connectivity index (χ0v) is 21.9. The molecule has 0 radical (unpaired) electrons. The quantitative estimate of drug-likeness (QED) is 0.171. The molecule has 2 aromatic rings. The van der Waals surface area contributed by atoms with Gasteiger partial charge in [0, 0.05) is 11.6 Å². The Hall–Kier alpha value is -2.10. The molecule has 34 heavy (non-hydrogen) atoms. The monoisotopic (exact) mass is 468 g/mol. The molecule has 4 nitrogen and oxygen atoms in total. The molecule has 0 aliphatic carbocycles. The number of hydrogen-bond donors (Lipinski definition) is 0. The zero-order valence-electron chi connectivity index (χ0n) is 21.9. The van der Waals surface area contributed by atoms with E-state index >= 15 is 0 Å². The smallest absolute Gasteiger partial charge is 0.233 e. The van der Waals surface area contributed by atoms with Crippen LogP contribution in [0, 0.1) is 0 Å². The van der Waals surface area contributed by atoms with Crippen LogP contribution < -0.4 is 9.47 Å². The van der Waals surface area contributed by atoms with Gasteiger partial charge in [-0.2, -0.15) is 0 Å². The maximum atomic E-state index is 6.07. The fraction of sp³-hybridized carbons (Fsp3) is 0.667. The van der Waals surface area contributed by atoms with Gasteiger partial charge in [0.1, 0.15) is 5.75 Å². The number of unbranched alkanes of at least 4 members (excludes halogenated alkanes) is 14. The molecule has 0 spiro atoms. The number of rotatable bonds is 21. The minimum atomic E-state index is 0.602. The highest BCUT2D eigenvalue weighted by atomic mass is 16.5. The van der Waals surface area contributed by atoms with Crippen molar-refractivity contribution in [3.63, 3.8) is 0 Å². The second kappa shape index (κ2) is 19.2. The van der Waals surface area contributed by atoms with Gasteiger partial charge in [0.05, 0.1) is 18.9 Å². The molecular formula is C30H48N2O2. The van der Waals surface area contributed by atoms with Crippen molar-refractivity contribution in [2.24, 2.45) is 0 Å². The molecule has 0 aliphatic rings. The van der Waals surface area contributed by atoms with Gasteiger partial charge in [-0.05, 0) is 31.0 Å². The van der Waals surface area contributed by atoms with E-state index in [4.69, 9.17) is 9.47 Å². The van der Waals surface area contributed by atoms with Crippen LogP contribution in [0.5, 0.6) is 11.6 Å². The van der Waals surface area contributed by atoms with Gasteiger partial charge < -0.3 is 9.47 Å². The third kappa shape index (κ3) is 12.4. The van der Waals surface area contributed by atoms with E-state index in [1.807, 2.05) is 36.4 Å². The molecule has 4 heteroatoms. The highest BCUT2D eigenvalue weighted by Gasteiger charge is 2.08. The number of benzene rings is 1. The normalized spacial score (nSPS) is 11.0. The van der Waals surface area contributed by atoms with E-state index in [0.717, 1.165) is 36.5 Å². The molecule has 1 aromatic heterocycles. The summed E-state index contributed by atoms with van der Waals surface area (Å²) >= 11 is 0. The number of ether oxygens (including phenoxy) is 2. The van der Waals surface area contributed by atoms with E-state index in [9.17, 15) is 0 Å².